The second-order valence-corrected chi connectivity index (χ2v) is 3.41. The largest absolute Gasteiger partial charge is 0.355 e. The van der Waals surface area contributed by atoms with Gasteiger partial charge in [0.05, 0.1) is 6.04 Å². The highest BCUT2D eigenvalue weighted by molar-refractivity contribution is 5.85. The van der Waals surface area contributed by atoms with Gasteiger partial charge < -0.3 is 11.1 Å². The van der Waals surface area contributed by atoms with Gasteiger partial charge in [-0.3, -0.25) is 4.79 Å². The standard InChI is InChI=1S/C9H20N2O.ClH/c1-4-5-6-11-9(12)8(10)7(2)3;/h7-8H,4-6,10H2,1-3H3,(H,11,12);1H. The van der Waals surface area contributed by atoms with Gasteiger partial charge in [0.1, 0.15) is 0 Å². The molecule has 0 aromatic heterocycles. The number of halogens is 1. The molecule has 3 nitrogen and oxygen atoms in total. The van der Waals surface area contributed by atoms with E-state index in [0.717, 1.165) is 19.4 Å². The molecule has 80 valence electrons. The highest BCUT2D eigenvalue weighted by Gasteiger charge is 2.15. The molecule has 13 heavy (non-hydrogen) atoms. The van der Waals surface area contributed by atoms with Crippen LogP contribution in [0, 0.1) is 5.92 Å². The third-order valence-electron chi connectivity index (χ3n) is 1.85. The number of hydrogen-bond donors (Lipinski definition) is 2. The van der Waals surface area contributed by atoms with Crippen molar-refractivity contribution in [2.75, 3.05) is 6.54 Å². The molecule has 0 spiro atoms. The summed E-state index contributed by atoms with van der Waals surface area (Å²) in [4.78, 5) is 11.2. The first-order chi connectivity index (χ1) is 5.59. The lowest BCUT2D eigenvalue weighted by Crippen LogP contribution is -2.44. The molecule has 1 unspecified atom stereocenters. The maximum atomic E-state index is 11.2. The summed E-state index contributed by atoms with van der Waals surface area (Å²) in [6.07, 6.45) is 2.12. The summed E-state index contributed by atoms with van der Waals surface area (Å²) in [5.74, 6) is 0.185. The number of carbonyl (C=O) groups excluding carboxylic acids is 1. The summed E-state index contributed by atoms with van der Waals surface area (Å²) in [6, 6.07) is -0.359. The Hall–Kier alpha value is -0.280. The summed E-state index contributed by atoms with van der Waals surface area (Å²) >= 11 is 0. The molecule has 0 saturated heterocycles. The monoisotopic (exact) mass is 208 g/mol. The Bertz CT molecular complexity index is 140. The lowest BCUT2D eigenvalue weighted by Gasteiger charge is -2.14. The number of amides is 1. The second kappa shape index (κ2) is 8.32. The maximum Gasteiger partial charge on any atom is 0.237 e. The highest BCUT2D eigenvalue weighted by atomic mass is 35.5. The van der Waals surface area contributed by atoms with E-state index in [1.807, 2.05) is 13.8 Å². The van der Waals surface area contributed by atoms with Gasteiger partial charge in [-0.1, -0.05) is 27.2 Å². The number of nitrogens with one attached hydrogen (secondary N) is 1. The molecule has 0 heterocycles. The third kappa shape index (κ3) is 6.84. The van der Waals surface area contributed by atoms with Crippen LogP contribution in [0.15, 0.2) is 0 Å². The fraction of sp³-hybridized carbons (Fsp3) is 0.889. The van der Waals surface area contributed by atoms with Gasteiger partial charge >= 0.3 is 0 Å². The van der Waals surface area contributed by atoms with Crippen LogP contribution in [0.3, 0.4) is 0 Å². The van der Waals surface area contributed by atoms with E-state index < -0.39 is 0 Å². The summed E-state index contributed by atoms with van der Waals surface area (Å²) in [6.45, 7) is 6.73. The molecule has 0 rings (SSSR count). The van der Waals surface area contributed by atoms with E-state index in [-0.39, 0.29) is 30.3 Å². The molecular formula is C9H21ClN2O. The van der Waals surface area contributed by atoms with E-state index in [1.165, 1.54) is 0 Å². The molecule has 0 saturated carbocycles. The van der Waals surface area contributed by atoms with Crippen molar-refractivity contribution >= 4 is 18.3 Å². The van der Waals surface area contributed by atoms with Gasteiger partial charge in [-0.15, -0.1) is 12.4 Å². The molecule has 0 aliphatic carbocycles. The van der Waals surface area contributed by atoms with Gasteiger partial charge in [0.2, 0.25) is 5.91 Å². The molecule has 4 heteroatoms. The number of rotatable bonds is 5. The first kappa shape index (κ1) is 15.2. The van der Waals surface area contributed by atoms with Crippen LogP contribution in [0.4, 0.5) is 0 Å². The first-order valence-electron chi connectivity index (χ1n) is 4.62. The molecule has 0 fully saturated rings. The van der Waals surface area contributed by atoms with Crippen LogP contribution in [-0.2, 0) is 4.79 Å². The van der Waals surface area contributed by atoms with Crippen molar-refractivity contribution in [3.05, 3.63) is 0 Å². The SMILES string of the molecule is CCCCNC(=O)C(N)C(C)C.Cl. The van der Waals surface area contributed by atoms with E-state index in [1.54, 1.807) is 0 Å². The van der Waals surface area contributed by atoms with Crippen LogP contribution in [0.1, 0.15) is 33.6 Å². The van der Waals surface area contributed by atoms with E-state index >= 15 is 0 Å². The predicted octanol–water partition coefficient (Wildman–Crippen LogP) is 1.31. The predicted molar refractivity (Wildman–Crippen MR) is 58.0 cm³/mol. The van der Waals surface area contributed by atoms with Crippen LogP contribution >= 0.6 is 12.4 Å². The van der Waals surface area contributed by atoms with E-state index in [0.29, 0.717) is 0 Å². The number of hydrogen-bond acceptors (Lipinski definition) is 2. The molecule has 1 atom stereocenters. The molecule has 0 aliphatic heterocycles. The molecule has 0 aromatic carbocycles. The van der Waals surface area contributed by atoms with Crippen LogP contribution in [-0.4, -0.2) is 18.5 Å². The smallest absolute Gasteiger partial charge is 0.237 e. The number of unbranched alkanes of at least 4 members (excludes halogenated alkanes) is 1. The number of nitrogens with two attached hydrogens (primary N) is 1. The highest BCUT2D eigenvalue weighted by Crippen LogP contribution is 1.97. The first-order valence-corrected chi connectivity index (χ1v) is 4.62. The van der Waals surface area contributed by atoms with Crippen LogP contribution in [0.5, 0.6) is 0 Å². The van der Waals surface area contributed by atoms with Crippen molar-refractivity contribution in [3.63, 3.8) is 0 Å². The molecule has 0 bridgehead atoms. The molecule has 0 radical (unpaired) electrons. The second-order valence-electron chi connectivity index (χ2n) is 3.41. The molecule has 1 amide bonds. The van der Waals surface area contributed by atoms with Crippen LogP contribution < -0.4 is 11.1 Å². The fourth-order valence-corrected chi connectivity index (χ4v) is 0.809. The van der Waals surface area contributed by atoms with Crippen molar-refractivity contribution in [1.82, 2.24) is 5.32 Å². The van der Waals surface area contributed by atoms with E-state index in [9.17, 15) is 4.79 Å². The zero-order chi connectivity index (χ0) is 9.56. The Balaban J connectivity index is 0. The average molecular weight is 209 g/mol. The summed E-state index contributed by atoms with van der Waals surface area (Å²) in [7, 11) is 0. The van der Waals surface area contributed by atoms with E-state index in [2.05, 4.69) is 12.2 Å². The minimum absolute atomic E-state index is 0. The topological polar surface area (TPSA) is 55.1 Å². The Labute approximate surface area is 86.9 Å². The van der Waals surface area contributed by atoms with Crippen molar-refractivity contribution in [3.8, 4) is 0 Å². The number of carbonyl (C=O) groups is 1. The normalized spacial score (nSPS) is 12.1. The van der Waals surface area contributed by atoms with Gasteiger partial charge in [-0.05, 0) is 12.3 Å². The van der Waals surface area contributed by atoms with Crippen molar-refractivity contribution in [2.45, 2.75) is 39.7 Å². The average Bonchev–Trinajstić information content (AvgIpc) is 2.03. The van der Waals surface area contributed by atoms with Crippen molar-refractivity contribution in [2.24, 2.45) is 11.7 Å². The van der Waals surface area contributed by atoms with E-state index in [4.69, 9.17) is 5.73 Å². The zero-order valence-corrected chi connectivity index (χ0v) is 9.49. The zero-order valence-electron chi connectivity index (χ0n) is 8.67. The van der Waals surface area contributed by atoms with Crippen molar-refractivity contribution < 1.29 is 4.79 Å². The molecule has 3 N–H and O–H groups in total. The quantitative estimate of drug-likeness (QED) is 0.670. The summed E-state index contributed by atoms with van der Waals surface area (Å²) < 4.78 is 0. The minimum atomic E-state index is -0.359. The van der Waals surface area contributed by atoms with Gasteiger partial charge in [0.15, 0.2) is 0 Å². The van der Waals surface area contributed by atoms with Crippen LogP contribution in [0.25, 0.3) is 0 Å². The maximum absolute atomic E-state index is 11.2. The van der Waals surface area contributed by atoms with Gasteiger partial charge in [-0.2, -0.15) is 0 Å². The summed E-state index contributed by atoms with van der Waals surface area (Å²) in [5.41, 5.74) is 5.63. The lowest BCUT2D eigenvalue weighted by atomic mass is 10.1. The minimum Gasteiger partial charge on any atom is -0.355 e. The summed E-state index contributed by atoms with van der Waals surface area (Å²) in [5, 5.41) is 2.80. The Morgan fingerprint density at radius 3 is 2.38 bits per heavy atom. The fourth-order valence-electron chi connectivity index (χ4n) is 0.809. The Kier molecular flexibility index (Phi) is 9.74. The third-order valence-corrected chi connectivity index (χ3v) is 1.85. The molecule has 0 aromatic rings. The lowest BCUT2D eigenvalue weighted by molar-refractivity contribution is -0.123. The van der Waals surface area contributed by atoms with Crippen molar-refractivity contribution in [1.29, 1.82) is 0 Å². The Morgan fingerprint density at radius 2 is 2.00 bits per heavy atom. The van der Waals surface area contributed by atoms with Gasteiger partial charge in [0.25, 0.3) is 0 Å². The van der Waals surface area contributed by atoms with Gasteiger partial charge in [-0.25, -0.2) is 0 Å². The van der Waals surface area contributed by atoms with Crippen LogP contribution in [0.2, 0.25) is 0 Å². The molecular weight excluding hydrogens is 188 g/mol. The molecule has 0 aliphatic rings. The van der Waals surface area contributed by atoms with Gasteiger partial charge in [0, 0.05) is 6.54 Å². The Morgan fingerprint density at radius 1 is 1.46 bits per heavy atom.